The summed E-state index contributed by atoms with van der Waals surface area (Å²) in [6, 6.07) is 9.46. The Morgan fingerprint density at radius 3 is 3.00 bits per heavy atom. The van der Waals surface area contributed by atoms with Crippen molar-refractivity contribution in [3.8, 4) is 6.07 Å². The smallest absolute Gasteiger partial charge is 0.102 e. The zero-order chi connectivity index (χ0) is 13.5. The van der Waals surface area contributed by atoms with Gasteiger partial charge in [0.1, 0.15) is 11.8 Å². The molecule has 0 radical (unpaired) electrons. The number of hydrogen-bond donors (Lipinski definition) is 2. The van der Waals surface area contributed by atoms with Crippen molar-refractivity contribution < 1.29 is 5.11 Å². The topological polar surface area (TPSA) is 86.8 Å². The lowest BCUT2D eigenvalue weighted by Crippen LogP contribution is -2.02. The molecule has 0 amide bonds. The third kappa shape index (κ3) is 3.53. The Morgan fingerprint density at radius 1 is 1.37 bits per heavy atom. The summed E-state index contributed by atoms with van der Waals surface area (Å²) in [5, 5.41) is 28.9. The van der Waals surface area contributed by atoms with Gasteiger partial charge in [-0.1, -0.05) is 17.3 Å². The van der Waals surface area contributed by atoms with Crippen LogP contribution >= 0.6 is 0 Å². The van der Waals surface area contributed by atoms with Crippen molar-refractivity contribution in [3.63, 3.8) is 0 Å². The first-order chi connectivity index (χ1) is 9.33. The summed E-state index contributed by atoms with van der Waals surface area (Å²) >= 11 is 0. The number of nitrogens with zero attached hydrogens (tertiary/aromatic N) is 4. The number of aliphatic hydroxyl groups is 1. The Hall–Kier alpha value is -2.39. The highest BCUT2D eigenvalue weighted by Gasteiger charge is 2.03. The predicted octanol–water partition coefficient (Wildman–Crippen LogP) is 1.14. The second-order valence-corrected chi connectivity index (χ2v) is 4.06. The van der Waals surface area contributed by atoms with E-state index in [1.54, 1.807) is 10.7 Å². The van der Waals surface area contributed by atoms with Gasteiger partial charge in [-0.3, -0.25) is 4.68 Å². The lowest BCUT2D eigenvalue weighted by molar-refractivity contribution is 0.276. The molecular weight excluding hydrogens is 242 g/mol. The number of benzene rings is 1. The Balaban J connectivity index is 1.95. The lowest BCUT2D eigenvalue weighted by atomic mass is 10.2. The average molecular weight is 257 g/mol. The van der Waals surface area contributed by atoms with Crippen LogP contribution in [-0.4, -0.2) is 26.7 Å². The Labute approximate surface area is 111 Å². The van der Waals surface area contributed by atoms with Crippen LogP contribution in [0.1, 0.15) is 17.7 Å². The van der Waals surface area contributed by atoms with Crippen molar-refractivity contribution in [3.05, 3.63) is 41.7 Å². The number of aromatic nitrogens is 3. The predicted molar refractivity (Wildman–Crippen MR) is 70.2 cm³/mol. The number of nitrogens with one attached hydrogen (secondary N) is 1. The van der Waals surface area contributed by atoms with Crippen molar-refractivity contribution in [1.82, 2.24) is 15.0 Å². The van der Waals surface area contributed by atoms with Gasteiger partial charge in [0.15, 0.2) is 0 Å². The first kappa shape index (κ1) is 13.1. The molecule has 0 aliphatic rings. The minimum Gasteiger partial charge on any atom is -0.396 e. The van der Waals surface area contributed by atoms with E-state index in [0.29, 0.717) is 25.1 Å². The molecule has 1 aromatic carbocycles. The van der Waals surface area contributed by atoms with E-state index < -0.39 is 0 Å². The number of para-hydroxylation sites is 1. The maximum absolute atomic E-state index is 8.97. The Bertz CT molecular complexity index is 572. The van der Waals surface area contributed by atoms with Gasteiger partial charge in [0.2, 0.25) is 0 Å². The third-order valence-corrected chi connectivity index (χ3v) is 2.64. The summed E-state index contributed by atoms with van der Waals surface area (Å²) in [5.41, 5.74) is 2.19. The number of hydrogen-bond acceptors (Lipinski definition) is 5. The van der Waals surface area contributed by atoms with Gasteiger partial charge in [0.05, 0.1) is 24.0 Å². The van der Waals surface area contributed by atoms with Crippen LogP contribution in [0.4, 0.5) is 5.69 Å². The molecule has 2 rings (SSSR count). The van der Waals surface area contributed by atoms with Crippen LogP contribution in [-0.2, 0) is 13.1 Å². The van der Waals surface area contributed by atoms with E-state index in [2.05, 4.69) is 21.7 Å². The number of rotatable bonds is 6. The zero-order valence-electron chi connectivity index (χ0n) is 10.5. The number of aliphatic hydroxyl groups excluding tert-OH is 1. The molecule has 6 heteroatoms. The molecule has 0 bridgehead atoms. The fraction of sp³-hybridized carbons (Fsp3) is 0.308. The quantitative estimate of drug-likeness (QED) is 0.810. The second kappa shape index (κ2) is 6.52. The molecule has 0 aliphatic heterocycles. The normalized spacial score (nSPS) is 10.1. The van der Waals surface area contributed by atoms with Crippen LogP contribution in [0.2, 0.25) is 0 Å². The second-order valence-electron chi connectivity index (χ2n) is 4.06. The van der Waals surface area contributed by atoms with E-state index >= 15 is 0 Å². The van der Waals surface area contributed by atoms with Crippen LogP contribution in [0.15, 0.2) is 30.5 Å². The Kier molecular flexibility index (Phi) is 4.48. The maximum atomic E-state index is 8.97. The van der Waals surface area contributed by atoms with Gasteiger partial charge in [-0.15, -0.1) is 5.10 Å². The van der Waals surface area contributed by atoms with Crippen molar-refractivity contribution in [1.29, 1.82) is 5.26 Å². The van der Waals surface area contributed by atoms with Gasteiger partial charge in [-0.05, 0) is 18.6 Å². The lowest BCUT2D eigenvalue weighted by Gasteiger charge is -2.05. The molecule has 98 valence electrons. The molecule has 2 aromatic rings. The van der Waals surface area contributed by atoms with E-state index in [9.17, 15) is 0 Å². The monoisotopic (exact) mass is 257 g/mol. The van der Waals surface area contributed by atoms with Crippen molar-refractivity contribution in [2.24, 2.45) is 0 Å². The van der Waals surface area contributed by atoms with E-state index in [-0.39, 0.29) is 6.61 Å². The van der Waals surface area contributed by atoms with Crippen molar-refractivity contribution in [2.45, 2.75) is 19.5 Å². The van der Waals surface area contributed by atoms with Gasteiger partial charge in [-0.2, -0.15) is 5.26 Å². The number of aryl methyl sites for hydroxylation is 1. The molecule has 0 saturated heterocycles. The van der Waals surface area contributed by atoms with Crippen LogP contribution < -0.4 is 5.32 Å². The molecule has 0 atom stereocenters. The molecule has 0 fully saturated rings. The number of nitriles is 1. The van der Waals surface area contributed by atoms with Crippen LogP contribution in [0.25, 0.3) is 0 Å². The molecule has 1 heterocycles. The van der Waals surface area contributed by atoms with E-state index in [0.717, 1.165) is 11.4 Å². The van der Waals surface area contributed by atoms with E-state index in [1.807, 2.05) is 24.4 Å². The van der Waals surface area contributed by atoms with Crippen molar-refractivity contribution in [2.75, 3.05) is 11.9 Å². The maximum Gasteiger partial charge on any atom is 0.102 e. The largest absolute Gasteiger partial charge is 0.396 e. The highest BCUT2D eigenvalue weighted by atomic mass is 16.3. The fourth-order valence-electron chi connectivity index (χ4n) is 1.68. The molecule has 0 unspecified atom stereocenters. The van der Waals surface area contributed by atoms with Crippen LogP contribution in [0, 0.1) is 11.3 Å². The standard InChI is InChI=1S/C13H15N5O/c14-8-11-4-1-2-5-13(11)15-9-12-10-18(17-16-12)6-3-7-19/h1-2,4-5,10,15,19H,3,6-7,9H2. The zero-order valence-corrected chi connectivity index (χ0v) is 10.5. The third-order valence-electron chi connectivity index (χ3n) is 2.64. The van der Waals surface area contributed by atoms with Gasteiger partial charge in [0.25, 0.3) is 0 Å². The molecule has 0 saturated carbocycles. The number of anilines is 1. The van der Waals surface area contributed by atoms with Gasteiger partial charge < -0.3 is 10.4 Å². The van der Waals surface area contributed by atoms with E-state index in [1.165, 1.54) is 0 Å². The minimum absolute atomic E-state index is 0.142. The molecule has 19 heavy (non-hydrogen) atoms. The van der Waals surface area contributed by atoms with Gasteiger partial charge >= 0.3 is 0 Å². The summed E-state index contributed by atoms with van der Waals surface area (Å²) < 4.78 is 1.70. The van der Waals surface area contributed by atoms with Crippen molar-refractivity contribution >= 4 is 5.69 Å². The SMILES string of the molecule is N#Cc1ccccc1NCc1cn(CCCO)nn1. The molecule has 1 aromatic heterocycles. The molecule has 0 aliphatic carbocycles. The molecule has 6 nitrogen and oxygen atoms in total. The fourth-order valence-corrected chi connectivity index (χ4v) is 1.68. The summed E-state index contributed by atoms with van der Waals surface area (Å²) in [4.78, 5) is 0. The first-order valence-corrected chi connectivity index (χ1v) is 6.06. The van der Waals surface area contributed by atoms with Gasteiger partial charge in [0, 0.05) is 13.2 Å². The van der Waals surface area contributed by atoms with Crippen LogP contribution in [0.3, 0.4) is 0 Å². The summed E-state index contributed by atoms with van der Waals surface area (Å²) in [6.07, 6.45) is 2.49. The minimum atomic E-state index is 0.142. The average Bonchev–Trinajstić information content (AvgIpc) is 2.91. The van der Waals surface area contributed by atoms with Gasteiger partial charge in [-0.25, -0.2) is 0 Å². The summed E-state index contributed by atoms with van der Waals surface area (Å²) in [6.45, 7) is 1.30. The first-order valence-electron chi connectivity index (χ1n) is 6.06. The highest BCUT2D eigenvalue weighted by Crippen LogP contribution is 2.14. The highest BCUT2D eigenvalue weighted by molar-refractivity contribution is 5.57. The van der Waals surface area contributed by atoms with Crippen LogP contribution in [0.5, 0.6) is 0 Å². The molecule has 0 spiro atoms. The molecule has 2 N–H and O–H groups in total. The summed E-state index contributed by atoms with van der Waals surface area (Å²) in [5.74, 6) is 0. The van der Waals surface area contributed by atoms with E-state index in [4.69, 9.17) is 10.4 Å². The summed E-state index contributed by atoms with van der Waals surface area (Å²) in [7, 11) is 0. The molecular formula is C13H15N5O. The Morgan fingerprint density at radius 2 is 2.21 bits per heavy atom.